The van der Waals surface area contributed by atoms with Crippen LogP contribution in [0.5, 0.6) is 0 Å². The lowest BCUT2D eigenvalue weighted by Gasteiger charge is -2.22. The van der Waals surface area contributed by atoms with Gasteiger partial charge in [-0.25, -0.2) is 0 Å². The number of nitrogens with one attached hydrogen (secondary N) is 2. The van der Waals surface area contributed by atoms with Crippen LogP contribution >= 0.6 is 24.0 Å². The van der Waals surface area contributed by atoms with Crippen LogP contribution in [0.25, 0.3) is 0 Å². The zero-order valence-corrected chi connectivity index (χ0v) is 17.1. The Bertz CT molecular complexity index is 482. The van der Waals surface area contributed by atoms with Gasteiger partial charge in [0.2, 0.25) is 0 Å². The minimum Gasteiger partial charge on any atom is -0.357 e. The van der Waals surface area contributed by atoms with Crippen LogP contribution in [0.1, 0.15) is 51.9 Å². The average molecular weight is 445 g/mol. The van der Waals surface area contributed by atoms with Crippen LogP contribution in [0.15, 0.2) is 23.5 Å². The number of halogens is 1. The van der Waals surface area contributed by atoms with Gasteiger partial charge in [-0.3, -0.25) is 9.67 Å². The number of guanidine groups is 1. The highest BCUT2D eigenvalue weighted by atomic mass is 127. The molecule has 3 rings (SSSR count). The summed E-state index contributed by atoms with van der Waals surface area (Å²) in [5.74, 6) is 2.85. The van der Waals surface area contributed by atoms with Crippen molar-refractivity contribution in [2.24, 2.45) is 16.8 Å². The minimum atomic E-state index is 0. The maximum Gasteiger partial charge on any atom is 0.191 e. The molecule has 2 aliphatic carbocycles. The molecule has 2 atom stereocenters. The average Bonchev–Trinajstić information content (AvgIpc) is 3.14. The molecule has 2 fully saturated rings. The van der Waals surface area contributed by atoms with Crippen molar-refractivity contribution in [1.82, 2.24) is 20.4 Å². The first-order chi connectivity index (χ1) is 11.4. The SMILES string of the molecule is CCNC(=NCCCn1cccn1)NC1CC1C1CCCCC1.I. The van der Waals surface area contributed by atoms with Crippen molar-refractivity contribution in [2.45, 2.75) is 64.5 Å². The molecule has 0 spiro atoms. The van der Waals surface area contributed by atoms with Crippen LogP contribution in [0.3, 0.4) is 0 Å². The van der Waals surface area contributed by atoms with Crippen molar-refractivity contribution in [3.8, 4) is 0 Å². The van der Waals surface area contributed by atoms with Crippen LogP contribution in [0.2, 0.25) is 0 Å². The fourth-order valence-corrected chi connectivity index (χ4v) is 3.82. The molecule has 0 radical (unpaired) electrons. The van der Waals surface area contributed by atoms with Crippen LogP contribution < -0.4 is 10.6 Å². The van der Waals surface area contributed by atoms with Gasteiger partial charge in [-0.05, 0) is 37.7 Å². The van der Waals surface area contributed by atoms with Gasteiger partial charge >= 0.3 is 0 Å². The number of hydrogen-bond donors (Lipinski definition) is 2. The number of aromatic nitrogens is 2. The minimum absolute atomic E-state index is 0. The van der Waals surface area contributed by atoms with Gasteiger partial charge in [0.15, 0.2) is 5.96 Å². The van der Waals surface area contributed by atoms with Crippen molar-refractivity contribution >= 4 is 29.9 Å². The van der Waals surface area contributed by atoms with E-state index in [1.54, 1.807) is 0 Å². The maximum absolute atomic E-state index is 4.73. The predicted molar refractivity (Wildman–Crippen MR) is 110 cm³/mol. The lowest BCUT2D eigenvalue weighted by atomic mass is 9.85. The lowest BCUT2D eigenvalue weighted by Crippen LogP contribution is -2.39. The van der Waals surface area contributed by atoms with E-state index in [-0.39, 0.29) is 24.0 Å². The Morgan fingerprint density at radius 1 is 1.29 bits per heavy atom. The first kappa shape index (κ1) is 19.5. The number of aliphatic imine (C=N–C) groups is 1. The molecule has 0 saturated heterocycles. The van der Waals surface area contributed by atoms with E-state index < -0.39 is 0 Å². The molecule has 6 heteroatoms. The molecule has 0 aromatic carbocycles. The summed E-state index contributed by atoms with van der Waals surface area (Å²) in [6, 6.07) is 2.62. The summed E-state index contributed by atoms with van der Waals surface area (Å²) in [7, 11) is 0. The summed E-state index contributed by atoms with van der Waals surface area (Å²) in [6.45, 7) is 4.83. The molecule has 1 aromatic heterocycles. The monoisotopic (exact) mass is 445 g/mol. The summed E-state index contributed by atoms with van der Waals surface area (Å²) >= 11 is 0. The molecule has 24 heavy (non-hydrogen) atoms. The molecule has 2 aliphatic rings. The molecule has 5 nitrogen and oxygen atoms in total. The van der Waals surface area contributed by atoms with Gasteiger partial charge in [0, 0.05) is 38.1 Å². The third-order valence-electron chi connectivity index (χ3n) is 5.14. The van der Waals surface area contributed by atoms with E-state index in [2.05, 4.69) is 22.7 Å². The molecule has 0 aliphatic heterocycles. The topological polar surface area (TPSA) is 54.2 Å². The molecule has 136 valence electrons. The Morgan fingerprint density at radius 2 is 2.12 bits per heavy atom. The fraction of sp³-hybridized carbons (Fsp3) is 0.778. The summed E-state index contributed by atoms with van der Waals surface area (Å²) in [5.41, 5.74) is 0. The van der Waals surface area contributed by atoms with Gasteiger partial charge in [-0.1, -0.05) is 32.1 Å². The highest BCUT2D eigenvalue weighted by molar-refractivity contribution is 14.0. The lowest BCUT2D eigenvalue weighted by molar-refractivity contribution is 0.315. The number of aryl methyl sites for hydroxylation is 1. The third-order valence-corrected chi connectivity index (χ3v) is 5.14. The zero-order valence-electron chi connectivity index (χ0n) is 14.8. The maximum atomic E-state index is 4.73. The Kier molecular flexibility index (Phi) is 8.35. The molecule has 2 unspecified atom stereocenters. The van der Waals surface area contributed by atoms with E-state index >= 15 is 0 Å². The van der Waals surface area contributed by atoms with Crippen molar-refractivity contribution < 1.29 is 0 Å². The summed E-state index contributed by atoms with van der Waals surface area (Å²) in [4.78, 5) is 4.73. The summed E-state index contributed by atoms with van der Waals surface area (Å²) < 4.78 is 1.97. The van der Waals surface area contributed by atoms with Crippen LogP contribution in [0, 0.1) is 11.8 Å². The quantitative estimate of drug-likeness (QED) is 0.293. The Hall–Kier alpha value is -0.790. The second-order valence-electron chi connectivity index (χ2n) is 6.93. The van der Waals surface area contributed by atoms with Gasteiger partial charge in [0.25, 0.3) is 0 Å². The van der Waals surface area contributed by atoms with Crippen LogP contribution in [-0.4, -0.2) is 34.9 Å². The molecule has 0 bridgehead atoms. The highest BCUT2D eigenvalue weighted by Crippen LogP contribution is 2.44. The normalized spacial score (nSPS) is 24.3. The third kappa shape index (κ3) is 5.93. The van der Waals surface area contributed by atoms with Crippen molar-refractivity contribution in [3.05, 3.63) is 18.5 Å². The summed E-state index contributed by atoms with van der Waals surface area (Å²) in [5, 5.41) is 11.3. The van der Waals surface area contributed by atoms with E-state index in [1.165, 1.54) is 38.5 Å². The van der Waals surface area contributed by atoms with Gasteiger partial charge in [-0.15, -0.1) is 24.0 Å². The second-order valence-corrected chi connectivity index (χ2v) is 6.93. The first-order valence-corrected chi connectivity index (χ1v) is 9.39. The van der Waals surface area contributed by atoms with E-state index in [4.69, 9.17) is 4.99 Å². The fourth-order valence-electron chi connectivity index (χ4n) is 3.82. The zero-order chi connectivity index (χ0) is 15.9. The van der Waals surface area contributed by atoms with E-state index in [1.807, 2.05) is 23.1 Å². The number of hydrogen-bond acceptors (Lipinski definition) is 2. The van der Waals surface area contributed by atoms with Crippen molar-refractivity contribution in [2.75, 3.05) is 13.1 Å². The Morgan fingerprint density at radius 3 is 2.83 bits per heavy atom. The Balaban J connectivity index is 0.00000208. The molecule has 0 amide bonds. The van der Waals surface area contributed by atoms with Crippen LogP contribution in [0.4, 0.5) is 0 Å². The molecule has 2 N–H and O–H groups in total. The predicted octanol–water partition coefficient (Wildman–Crippen LogP) is 3.42. The smallest absolute Gasteiger partial charge is 0.191 e. The second kappa shape index (κ2) is 10.3. The van der Waals surface area contributed by atoms with Gasteiger partial charge < -0.3 is 10.6 Å². The largest absolute Gasteiger partial charge is 0.357 e. The van der Waals surface area contributed by atoms with Gasteiger partial charge in [0.05, 0.1) is 0 Å². The van der Waals surface area contributed by atoms with E-state index in [0.29, 0.717) is 6.04 Å². The van der Waals surface area contributed by atoms with E-state index in [0.717, 1.165) is 43.9 Å². The molecule has 1 aromatic rings. The van der Waals surface area contributed by atoms with Crippen LogP contribution in [-0.2, 0) is 6.54 Å². The van der Waals surface area contributed by atoms with Gasteiger partial charge in [-0.2, -0.15) is 5.10 Å². The highest BCUT2D eigenvalue weighted by Gasteiger charge is 2.43. The van der Waals surface area contributed by atoms with Crippen molar-refractivity contribution in [3.63, 3.8) is 0 Å². The molecular weight excluding hydrogens is 413 g/mol. The van der Waals surface area contributed by atoms with Crippen molar-refractivity contribution in [1.29, 1.82) is 0 Å². The molecule has 2 saturated carbocycles. The number of rotatable bonds is 7. The standard InChI is InChI=1S/C18H31N5.HI/c1-2-19-18(20-10-6-12-23-13-7-11-21-23)22-17-14-16(17)15-8-4-3-5-9-15;/h7,11,13,15-17H,2-6,8-10,12,14H2,1H3,(H2,19,20,22);1H. The first-order valence-electron chi connectivity index (χ1n) is 9.39. The number of nitrogens with zero attached hydrogens (tertiary/aromatic N) is 3. The molecule has 1 heterocycles. The molecular formula is C18H32IN5. The summed E-state index contributed by atoms with van der Waals surface area (Å²) in [6.07, 6.45) is 13.4. The van der Waals surface area contributed by atoms with E-state index in [9.17, 15) is 0 Å². The Labute approximate surface area is 163 Å². The van der Waals surface area contributed by atoms with Gasteiger partial charge in [0.1, 0.15) is 0 Å².